The fourth-order valence-electron chi connectivity index (χ4n) is 2.84. The highest BCUT2D eigenvalue weighted by molar-refractivity contribution is 5.85. The second-order valence-electron chi connectivity index (χ2n) is 7.01. The van der Waals surface area contributed by atoms with Crippen molar-refractivity contribution in [3.8, 4) is 17.3 Å². The van der Waals surface area contributed by atoms with Crippen molar-refractivity contribution < 1.29 is 18.4 Å². The molecule has 2 heterocycles. The molecule has 1 aromatic carbocycles. The second-order valence-corrected chi connectivity index (χ2v) is 7.01. The minimum absolute atomic E-state index is 0.0258. The number of carbonyl (C=O) groups excluding carboxylic acids is 1. The van der Waals surface area contributed by atoms with Crippen LogP contribution in [0.5, 0.6) is 5.75 Å². The topological polar surface area (TPSA) is 81.7 Å². The molecule has 0 aliphatic carbocycles. The summed E-state index contributed by atoms with van der Waals surface area (Å²) in [5, 5.41) is 3.18. The van der Waals surface area contributed by atoms with E-state index in [1.54, 1.807) is 18.2 Å². The maximum Gasteiger partial charge on any atom is 0.257 e. The number of ether oxygens (including phenoxy) is 1. The number of benzene rings is 1. The summed E-state index contributed by atoms with van der Waals surface area (Å²) in [6.45, 7) is 8.05. The van der Waals surface area contributed by atoms with Crippen LogP contribution in [0, 0.1) is 19.8 Å². The number of amides is 1. The molecule has 3 rings (SSSR count). The van der Waals surface area contributed by atoms with E-state index in [0.29, 0.717) is 29.2 Å². The summed E-state index contributed by atoms with van der Waals surface area (Å²) in [6.07, 6.45) is 1.49. The molecule has 0 aliphatic rings. The summed E-state index contributed by atoms with van der Waals surface area (Å²) in [7, 11) is 0. The molecule has 0 bridgehead atoms. The Balaban J connectivity index is 2.04. The van der Waals surface area contributed by atoms with Crippen LogP contribution in [0.25, 0.3) is 22.5 Å². The van der Waals surface area contributed by atoms with Gasteiger partial charge in [0.15, 0.2) is 12.4 Å². The Hall–Kier alpha value is -3.02. The van der Waals surface area contributed by atoms with Gasteiger partial charge in [0.05, 0.1) is 11.6 Å². The Morgan fingerprint density at radius 1 is 1.26 bits per heavy atom. The van der Waals surface area contributed by atoms with E-state index in [-0.39, 0.29) is 29.5 Å². The molecule has 6 nitrogen and oxygen atoms in total. The van der Waals surface area contributed by atoms with E-state index in [4.69, 9.17) is 13.6 Å². The molecule has 0 atom stereocenters. The number of nitrogens with one attached hydrogen (secondary N) is 1. The lowest BCUT2D eigenvalue weighted by molar-refractivity contribution is -0.123. The van der Waals surface area contributed by atoms with Gasteiger partial charge in [-0.25, -0.2) is 0 Å². The van der Waals surface area contributed by atoms with Crippen LogP contribution in [-0.2, 0) is 4.79 Å². The van der Waals surface area contributed by atoms with Crippen molar-refractivity contribution in [1.82, 2.24) is 5.32 Å². The molecule has 27 heavy (non-hydrogen) atoms. The zero-order valence-electron chi connectivity index (χ0n) is 15.9. The minimum Gasteiger partial charge on any atom is -0.476 e. The molecule has 0 spiro atoms. The molecule has 1 amide bonds. The van der Waals surface area contributed by atoms with Gasteiger partial charge in [-0.3, -0.25) is 9.59 Å². The van der Waals surface area contributed by atoms with E-state index in [1.165, 1.54) is 6.26 Å². The number of hydrogen-bond donors (Lipinski definition) is 1. The van der Waals surface area contributed by atoms with Crippen molar-refractivity contribution >= 4 is 16.9 Å². The van der Waals surface area contributed by atoms with E-state index >= 15 is 0 Å². The Morgan fingerprint density at radius 2 is 2.04 bits per heavy atom. The van der Waals surface area contributed by atoms with Crippen LogP contribution in [0.1, 0.15) is 25.0 Å². The van der Waals surface area contributed by atoms with Gasteiger partial charge in [-0.15, -0.1) is 0 Å². The number of rotatable bonds is 6. The fourth-order valence-corrected chi connectivity index (χ4v) is 2.84. The third-order valence-electron chi connectivity index (χ3n) is 4.08. The van der Waals surface area contributed by atoms with E-state index < -0.39 is 0 Å². The van der Waals surface area contributed by atoms with Crippen molar-refractivity contribution in [2.24, 2.45) is 5.92 Å². The molecule has 2 aromatic heterocycles. The van der Waals surface area contributed by atoms with Crippen LogP contribution >= 0.6 is 0 Å². The standard InChI is InChI=1S/C21H23NO5/c1-12(2)10-22-17(23)11-26-21-18(24)15-9-13(3)8-14(4)19(15)27-20(21)16-6-5-7-25-16/h5-9,12H,10-11H2,1-4H3,(H,22,23). The maximum absolute atomic E-state index is 13.1. The van der Waals surface area contributed by atoms with Gasteiger partial charge in [0.1, 0.15) is 5.58 Å². The monoisotopic (exact) mass is 369 g/mol. The Kier molecular flexibility index (Phi) is 5.35. The molecule has 0 saturated carbocycles. The van der Waals surface area contributed by atoms with Crippen LogP contribution in [0.3, 0.4) is 0 Å². The second kappa shape index (κ2) is 7.70. The summed E-state index contributed by atoms with van der Waals surface area (Å²) < 4.78 is 17.0. The molecular formula is C21H23NO5. The maximum atomic E-state index is 13.1. The minimum atomic E-state index is -0.328. The van der Waals surface area contributed by atoms with E-state index in [0.717, 1.165) is 11.1 Å². The predicted octanol–water partition coefficient (Wildman–Crippen LogP) is 3.82. The smallest absolute Gasteiger partial charge is 0.257 e. The first-order valence-corrected chi connectivity index (χ1v) is 8.88. The first-order valence-electron chi connectivity index (χ1n) is 8.88. The van der Waals surface area contributed by atoms with Gasteiger partial charge >= 0.3 is 0 Å². The summed E-state index contributed by atoms with van der Waals surface area (Å²) in [5.74, 6) is 0.549. The van der Waals surface area contributed by atoms with Gasteiger partial charge < -0.3 is 18.9 Å². The highest BCUT2D eigenvalue weighted by atomic mass is 16.5. The average Bonchev–Trinajstić information content (AvgIpc) is 3.14. The summed E-state index contributed by atoms with van der Waals surface area (Å²) in [5.41, 5.74) is 1.94. The highest BCUT2D eigenvalue weighted by Gasteiger charge is 2.21. The first kappa shape index (κ1) is 18.8. The molecule has 0 fully saturated rings. The lowest BCUT2D eigenvalue weighted by atomic mass is 10.1. The number of furan rings is 1. The van der Waals surface area contributed by atoms with Crippen LogP contribution in [0.2, 0.25) is 0 Å². The van der Waals surface area contributed by atoms with Crippen LogP contribution in [0.15, 0.2) is 44.2 Å². The molecule has 0 radical (unpaired) electrons. The quantitative estimate of drug-likeness (QED) is 0.714. The van der Waals surface area contributed by atoms with Gasteiger partial charge in [0.2, 0.25) is 16.9 Å². The predicted molar refractivity (Wildman–Crippen MR) is 103 cm³/mol. The molecule has 0 saturated heterocycles. The van der Waals surface area contributed by atoms with Gasteiger partial charge in [0, 0.05) is 6.54 Å². The van der Waals surface area contributed by atoms with E-state index in [1.807, 2.05) is 33.8 Å². The normalized spacial score (nSPS) is 11.1. The summed E-state index contributed by atoms with van der Waals surface area (Å²) >= 11 is 0. The third kappa shape index (κ3) is 4.05. The number of carbonyl (C=O) groups is 1. The third-order valence-corrected chi connectivity index (χ3v) is 4.08. The van der Waals surface area contributed by atoms with Crippen molar-refractivity contribution in [3.05, 3.63) is 51.9 Å². The SMILES string of the molecule is Cc1cc(C)c2oc(-c3ccco3)c(OCC(=O)NCC(C)C)c(=O)c2c1. The molecule has 1 N–H and O–H groups in total. The lowest BCUT2D eigenvalue weighted by Gasteiger charge is -2.12. The average molecular weight is 369 g/mol. The first-order chi connectivity index (χ1) is 12.9. The molecule has 6 heteroatoms. The summed E-state index contributed by atoms with van der Waals surface area (Å²) in [4.78, 5) is 25.1. The molecule has 3 aromatic rings. The molecule has 0 unspecified atom stereocenters. The van der Waals surface area contributed by atoms with Crippen LogP contribution in [-0.4, -0.2) is 19.1 Å². The summed E-state index contributed by atoms with van der Waals surface area (Å²) in [6, 6.07) is 7.07. The lowest BCUT2D eigenvalue weighted by Crippen LogP contribution is -2.32. The number of hydrogen-bond acceptors (Lipinski definition) is 5. The van der Waals surface area contributed by atoms with E-state index in [2.05, 4.69) is 5.32 Å². The largest absolute Gasteiger partial charge is 0.476 e. The van der Waals surface area contributed by atoms with E-state index in [9.17, 15) is 9.59 Å². The number of fused-ring (bicyclic) bond motifs is 1. The number of aryl methyl sites for hydroxylation is 2. The zero-order valence-corrected chi connectivity index (χ0v) is 15.9. The molecule has 0 aliphatic heterocycles. The molecule has 142 valence electrons. The molecular weight excluding hydrogens is 346 g/mol. The van der Waals surface area contributed by atoms with Gasteiger partial charge in [-0.05, 0) is 49.1 Å². The van der Waals surface area contributed by atoms with Gasteiger partial charge in [-0.1, -0.05) is 19.9 Å². The van der Waals surface area contributed by atoms with Crippen molar-refractivity contribution in [2.75, 3.05) is 13.2 Å². The Labute approximate surface area is 157 Å². The zero-order chi connectivity index (χ0) is 19.6. The fraction of sp³-hybridized carbons (Fsp3) is 0.333. The Morgan fingerprint density at radius 3 is 2.70 bits per heavy atom. The van der Waals surface area contributed by atoms with Gasteiger partial charge in [0.25, 0.3) is 5.91 Å². The highest BCUT2D eigenvalue weighted by Crippen LogP contribution is 2.32. The van der Waals surface area contributed by atoms with Crippen LogP contribution in [0.4, 0.5) is 0 Å². The van der Waals surface area contributed by atoms with Crippen LogP contribution < -0.4 is 15.5 Å². The van der Waals surface area contributed by atoms with Crippen molar-refractivity contribution in [1.29, 1.82) is 0 Å². The van der Waals surface area contributed by atoms with Gasteiger partial charge in [-0.2, -0.15) is 0 Å². The Bertz CT molecular complexity index is 1020. The van der Waals surface area contributed by atoms with Crippen molar-refractivity contribution in [3.63, 3.8) is 0 Å². The van der Waals surface area contributed by atoms with Crippen molar-refractivity contribution in [2.45, 2.75) is 27.7 Å².